The van der Waals surface area contributed by atoms with Crippen LogP contribution in [0.25, 0.3) is 0 Å². The number of rotatable bonds is 6. The van der Waals surface area contributed by atoms with Crippen LogP contribution in [0.3, 0.4) is 0 Å². The van der Waals surface area contributed by atoms with E-state index < -0.39 is 0 Å². The molecule has 1 aromatic carbocycles. The smallest absolute Gasteiger partial charge is 0.223 e. The van der Waals surface area contributed by atoms with Crippen LogP contribution in [0.4, 0.5) is 0 Å². The molecule has 0 bridgehead atoms. The van der Waals surface area contributed by atoms with E-state index in [9.17, 15) is 4.79 Å². The molecule has 1 amide bonds. The lowest BCUT2D eigenvalue weighted by Gasteiger charge is -2.36. The molecule has 2 heterocycles. The predicted molar refractivity (Wildman–Crippen MR) is 110 cm³/mol. The van der Waals surface area contributed by atoms with Gasteiger partial charge in [-0.05, 0) is 55.8 Å². The summed E-state index contributed by atoms with van der Waals surface area (Å²) in [7, 11) is 0. The van der Waals surface area contributed by atoms with Gasteiger partial charge in [0.15, 0.2) is 0 Å². The number of aromatic nitrogens is 1. The average molecular weight is 424 g/mol. The summed E-state index contributed by atoms with van der Waals surface area (Å²) in [5.41, 5.74) is 1.16. The standard InChI is InChI=1S/C20H23Cl2N3OS/c21-16-6-3-13(10-17(16)22)11-25-8-1-2-15(12-25)18(20-23-7-9-27-20)24-19(26)14-4-5-14/h3,6-7,9-10,14-15,18H,1-2,4-5,8,11-12H2,(H,24,26). The summed E-state index contributed by atoms with van der Waals surface area (Å²) in [6.07, 6.45) is 6.09. The zero-order chi connectivity index (χ0) is 18.8. The van der Waals surface area contributed by atoms with E-state index in [2.05, 4.69) is 15.2 Å². The third-order valence-electron chi connectivity index (χ3n) is 5.37. The summed E-state index contributed by atoms with van der Waals surface area (Å²) >= 11 is 13.8. The number of hydrogen-bond donors (Lipinski definition) is 1. The summed E-state index contributed by atoms with van der Waals surface area (Å²) in [4.78, 5) is 19.4. The first kappa shape index (κ1) is 19.2. The second-order valence-electron chi connectivity index (χ2n) is 7.52. The highest BCUT2D eigenvalue weighted by Crippen LogP contribution is 2.35. The summed E-state index contributed by atoms with van der Waals surface area (Å²) in [6, 6.07) is 5.84. The number of carbonyl (C=O) groups is 1. The molecule has 144 valence electrons. The molecule has 2 aliphatic rings. The number of hydrogen-bond acceptors (Lipinski definition) is 4. The summed E-state index contributed by atoms with van der Waals surface area (Å²) in [6.45, 7) is 2.84. The van der Waals surface area contributed by atoms with Gasteiger partial charge >= 0.3 is 0 Å². The fraction of sp³-hybridized carbons (Fsp3) is 0.500. The van der Waals surface area contributed by atoms with Crippen molar-refractivity contribution in [1.82, 2.24) is 15.2 Å². The number of halogens is 2. The SMILES string of the molecule is O=C(NC(c1nccs1)C1CCCN(Cc2ccc(Cl)c(Cl)c2)C1)C1CC1. The number of amides is 1. The number of likely N-dealkylation sites (tertiary alicyclic amines) is 1. The molecule has 1 aliphatic heterocycles. The van der Waals surface area contributed by atoms with Crippen LogP contribution in [0.1, 0.15) is 42.3 Å². The monoisotopic (exact) mass is 423 g/mol. The highest BCUT2D eigenvalue weighted by molar-refractivity contribution is 7.09. The fourth-order valence-electron chi connectivity index (χ4n) is 3.79. The summed E-state index contributed by atoms with van der Waals surface area (Å²) in [5.74, 6) is 0.774. The van der Waals surface area contributed by atoms with Gasteiger partial charge in [-0.1, -0.05) is 29.3 Å². The second kappa shape index (κ2) is 8.48. The van der Waals surface area contributed by atoms with E-state index in [4.69, 9.17) is 23.2 Å². The molecule has 4 nitrogen and oxygen atoms in total. The minimum atomic E-state index is 0.00899. The molecule has 1 aliphatic carbocycles. The second-order valence-corrected chi connectivity index (χ2v) is 9.26. The highest BCUT2D eigenvalue weighted by Gasteiger charge is 2.35. The van der Waals surface area contributed by atoms with Crippen molar-refractivity contribution in [2.45, 2.75) is 38.3 Å². The topological polar surface area (TPSA) is 45.2 Å². The molecule has 2 fully saturated rings. The zero-order valence-corrected chi connectivity index (χ0v) is 17.4. The van der Waals surface area contributed by atoms with Crippen molar-refractivity contribution < 1.29 is 4.79 Å². The Kier molecular flexibility index (Phi) is 6.02. The predicted octanol–water partition coefficient (Wildman–Crippen LogP) is 4.93. The number of benzene rings is 1. The molecule has 2 unspecified atom stereocenters. The lowest BCUT2D eigenvalue weighted by Crippen LogP contribution is -2.43. The van der Waals surface area contributed by atoms with Crippen molar-refractivity contribution in [2.24, 2.45) is 11.8 Å². The molecule has 2 aromatic rings. The first-order chi connectivity index (χ1) is 13.1. The van der Waals surface area contributed by atoms with Crippen molar-refractivity contribution in [3.8, 4) is 0 Å². The van der Waals surface area contributed by atoms with E-state index in [0.29, 0.717) is 16.0 Å². The van der Waals surface area contributed by atoms with Crippen LogP contribution in [-0.4, -0.2) is 28.9 Å². The fourth-order valence-corrected chi connectivity index (χ4v) is 4.89. The minimum Gasteiger partial charge on any atom is -0.346 e. The number of carbonyl (C=O) groups excluding carboxylic acids is 1. The minimum absolute atomic E-state index is 0.00899. The van der Waals surface area contributed by atoms with E-state index in [1.54, 1.807) is 11.3 Å². The van der Waals surface area contributed by atoms with Gasteiger partial charge in [-0.2, -0.15) is 0 Å². The maximum atomic E-state index is 12.4. The van der Waals surface area contributed by atoms with E-state index in [1.165, 1.54) is 0 Å². The Morgan fingerprint density at radius 3 is 2.85 bits per heavy atom. The third kappa shape index (κ3) is 4.83. The van der Waals surface area contributed by atoms with Gasteiger partial charge in [0, 0.05) is 30.6 Å². The van der Waals surface area contributed by atoms with Gasteiger partial charge in [0.05, 0.1) is 16.1 Å². The van der Waals surface area contributed by atoms with Gasteiger partial charge < -0.3 is 5.32 Å². The number of nitrogens with zero attached hydrogens (tertiary/aromatic N) is 2. The van der Waals surface area contributed by atoms with Crippen LogP contribution in [0.15, 0.2) is 29.8 Å². The van der Waals surface area contributed by atoms with Gasteiger partial charge in [0.1, 0.15) is 5.01 Å². The summed E-state index contributed by atoms with van der Waals surface area (Å²) < 4.78 is 0. The van der Waals surface area contributed by atoms with Crippen molar-refractivity contribution in [3.05, 3.63) is 50.4 Å². The number of thiazole rings is 1. The van der Waals surface area contributed by atoms with Gasteiger partial charge in [-0.15, -0.1) is 11.3 Å². The molecule has 0 radical (unpaired) electrons. The van der Waals surface area contributed by atoms with Crippen LogP contribution in [0, 0.1) is 11.8 Å². The molecular weight excluding hydrogens is 401 g/mol. The quantitative estimate of drug-likeness (QED) is 0.715. The van der Waals surface area contributed by atoms with Crippen LogP contribution in [0.5, 0.6) is 0 Å². The first-order valence-corrected chi connectivity index (χ1v) is 11.1. The molecule has 7 heteroatoms. The third-order valence-corrected chi connectivity index (χ3v) is 6.96. The van der Waals surface area contributed by atoms with Crippen LogP contribution in [0.2, 0.25) is 10.0 Å². The normalized spacial score (nSPS) is 21.8. The molecule has 1 N–H and O–H groups in total. The van der Waals surface area contributed by atoms with Crippen LogP contribution < -0.4 is 5.32 Å². The van der Waals surface area contributed by atoms with Crippen LogP contribution in [-0.2, 0) is 11.3 Å². The number of piperidine rings is 1. The maximum absolute atomic E-state index is 12.4. The molecular formula is C20H23Cl2N3OS. The van der Waals surface area contributed by atoms with E-state index in [1.807, 2.05) is 29.8 Å². The van der Waals surface area contributed by atoms with Crippen molar-refractivity contribution >= 4 is 40.4 Å². The highest BCUT2D eigenvalue weighted by atomic mass is 35.5. The molecule has 1 saturated carbocycles. The average Bonchev–Trinajstić information content (AvgIpc) is 3.38. The lowest BCUT2D eigenvalue weighted by atomic mass is 9.90. The molecule has 1 aromatic heterocycles. The first-order valence-electron chi connectivity index (χ1n) is 9.46. The molecule has 1 saturated heterocycles. The van der Waals surface area contributed by atoms with Crippen molar-refractivity contribution in [2.75, 3.05) is 13.1 Å². The Bertz CT molecular complexity index is 795. The summed E-state index contributed by atoms with van der Waals surface area (Å²) in [5, 5.41) is 7.49. The molecule has 27 heavy (non-hydrogen) atoms. The van der Waals surface area contributed by atoms with Crippen molar-refractivity contribution in [1.29, 1.82) is 0 Å². The van der Waals surface area contributed by atoms with E-state index in [0.717, 1.165) is 55.9 Å². The van der Waals surface area contributed by atoms with Crippen molar-refractivity contribution in [3.63, 3.8) is 0 Å². The van der Waals surface area contributed by atoms with Gasteiger partial charge in [-0.25, -0.2) is 4.98 Å². The Morgan fingerprint density at radius 1 is 1.30 bits per heavy atom. The van der Waals surface area contributed by atoms with Gasteiger partial charge in [0.25, 0.3) is 0 Å². The Balaban J connectivity index is 1.45. The van der Waals surface area contributed by atoms with Gasteiger partial charge in [-0.3, -0.25) is 9.69 Å². The zero-order valence-electron chi connectivity index (χ0n) is 15.0. The van der Waals surface area contributed by atoms with Gasteiger partial charge in [0.2, 0.25) is 5.91 Å². The molecule has 2 atom stereocenters. The maximum Gasteiger partial charge on any atom is 0.223 e. The molecule has 4 rings (SSSR count). The van der Waals surface area contributed by atoms with Crippen LogP contribution >= 0.6 is 34.5 Å². The lowest BCUT2D eigenvalue weighted by molar-refractivity contribution is -0.123. The van der Waals surface area contributed by atoms with E-state index >= 15 is 0 Å². The largest absolute Gasteiger partial charge is 0.346 e. The molecule has 0 spiro atoms. The Morgan fingerprint density at radius 2 is 2.15 bits per heavy atom. The Hall–Kier alpha value is -1.14. The van der Waals surface area contributed by atoms with E-state index in [-0.39, 0.29) is 17.9 Å². The Labute approximate surface area is 173 Å². The number of nitrogens with one attached hydrogen (secondary N) is 1.